The van der Waals surface area contributed by atoms with E-state index < -0.39 is 5.97 Å². The Morgan fingerprint density at radius 3 is 1.81 bits per heavy atom. The van der Waals surface area contributed by atoms with Gasteiger partial charge in [-0.25, -0.2) is 4.79 Å². The minimum absolute atomic E-state index is 0.0544. The Kier molecular flexibility index (Phi) is 7.64. The van der Waals surface area contributed by atoms with Gasteiger partial charge in [-0.1, -0.05) is 32.9 Å². The normalized spacial score (nSPS) is 10.8. The molecule has 116 valence electrons. The summed E-state index contributed by atoms with van der Waals surface area (Å²) in [5.41, 5.74) is 1.79. The summed E-state index contributed by atoms with van der Waals surface area (Å²) in [6, 6.07) is 5.18. The molecule has 0 aliphatic heterocycles. The SMILES string of the molecule is CC=CC.COC(=O)c1cc(C(C)=O)cc(C(C)(C)C)c1. The average Bonchev–Trinajstić information content (AvgIpc) is 2.45. The molecule has 0 atom stereocenters. The molecule has 21 heavy (non-hydrogen) atoms. The molecule has 1 aromatic rings. The molecule has 0 aromatic heterocycles. The van der Waals surface area contributed by atoms with Gasteiger partial charge in [0, 0.05) is 5.56 Å². The topological polar surface area (TPSA) is 43.4 Å². The molecule has 1 aromatic carbocycles. The summed E-state index contributed by atoms with van der Waals surface area (Å²) in [6.07, 6.45) is 4.00. The maximum atomic E-state index is 11.5. The molecule has 3 nitrogen and oxygen atoms in total. The lowest BCUT2D eigenvalue weighted by molar-refractivity contribution is 0.0600. The van der Waals surface area contributed by atoms with E-state index in [9.17, 15) is 9.59 Å². The van der Waals surface area contributed by atoms with E-state index in [0.29, 0.717) is 11.1 Å². The van der Waals surface area contributed by atoms with E-state index in [2.05, 4.69) is 4.74 Å². The number of allylic oxidation sites excluding steroid dienone is 2. The van der Waals surface area contributed by atoms with Crippen molar-refractivity contribution in [3.63, 3.8) is 0 Å². The highest BCUT2D eigenvalue weighted by Gasteiger charge is 2.18. The second-order valence-corrected chi connectivity index (χ2v) is 5.76. The van der Waals surface area contributed by atoms with Crippen LogP contribution in [0.4, 0.5) is 0 Å². The fourth-order valence-corrected chi connectivity index (χ4v) is 1.50. The summed E-state index contributed by atoms with van der Waals surface area (Å²) in [6.45, 7) is 11.6. The molecule has 1 rings (SSSR count). The summed E-state index contributed by atoms with van der Waals surface area (Å²) >= 11 is 0. The molecule has 0 N–H and O–H groups in total. The zero-order valence-electron chi connectivity index (χ0n) is 14.1. The largest absolute Gasteiger partial charge is 0.465 e. The predicted molar refractivity (Wildman–Crippen MR) is 87.0 cm³/mol. The monoisotopic (exact) mass is 290 g/mol. The van der Waals surface area contributed by atoms with E-state index in [1.807, 2.05) is 52.8 Å². The van der Waals surface area contributed by atoms with Crippen molar-refractivity contribution in [2.24, 2.45) is 0 Å². The van der Waals surface area contributed by atoms with Gasteiger partial charge in [-0.3, -0.25) is 4.79 Å². The van der Waals surface area contributed by atoms with Crippen LogP contribution in [0.3, 0.4) is 0 Å². The predicted octanol–water partition coefficient (Wildman–Crippen LogP) is 4.56. The minimum Gasteiger partial charge on any atom is -0.465 e. The molecule has 0 amide bonds. The molecular weight excluding hydrogens is 264 g/mol. The first-order valence-corrected chi connectivity index (χ1v) is 6.99. The first kappa shape index (κ1) is 19.1. The van der Waals surface area contributed by atoms with E-state index in [-0.39, 0.29) is 11.2 Å². The highest BCUT2D eigenvalue weighted by atomic mass is 16.5. The molecule has 0 fully saturated rings. The van der Waals surface area contributed by atoms with Crippen LogP contribution in [0.25, 0.3) is 0 Å². The van der Waals surface area contributed by atoms with Crippen LogP contribution in [0, 0.1) is 0 Å². The first-order valence-electron chi connectivity index (χ1n) is 6.99. The van der Waals surface area contributed by atoms with E-state index >= 15 is 0 Å². The Morgan fingerprint density at radius 1 is 1.00 bits per heavy atom. The molecule has 0 heterocycles. The maximum absolute atomic E-state index is 11.5. The average molecular weight is 290 g/mol. The number of hydrogen-bond acceptors (Lipinski definition) is 3. The minimum atomic E-state index is -0.418. The van der Waals surface area contributed by atoms with Gasteiger partial charge in [0.25, 0.3) is 0 Å². The number of ketones is 1. The fraction of sp³-hybridized carbons (Fsp3) is 0.444. The van der Waals surface area contributed by atoms with E-state index in [1.165, 1.54) is 14.0 Å². The van der Waals surface area contributed by atoms with Crippen molar-refractivity contribution < 1.29 is 14.3 Å². The number of hydrogen-bond donors (Lipinski definition) is 0. The van der Waals surface area contributed by atoms with E-state index in [1.54, 1.807) is 12.1 Å². The Labute approximate surface area is 128 Å². The van der Waals surface area contributed by atoms with Crippen LogP contribution >= 0.6 is 0 Å². The number of carbonyl (C=O) groups excluding carboxylic acids is 2. The molecule has 0 aliphatic rings. The van der Waals surface area contributed by atoms with Crippen LogP contribution < -0.4 is 0 Å². The molecule has 0 unspecified atom stereocenters. The number of ether oxygens (including phenoxy) is 1. The van der Waals surface area contributed by atoms with Gasteiger partial charge in [-0.2, -0.15) is 0 Å². The van der Waals surface area contributed by atoms with Crippen LogP contribution in [0.5, 0.6) is 0 Å². The van der Waals surface area contributed by atoms with Crippen LogP contribution in [-0.4, -0.2) is 18.9 Å². The van der Waals surface area contributed by atoms with Crippen molar-refractivity contribution in [3.8, 4) is 0 Å². The number of Topliss-reactive ketones (excluding diaryl/α,β-unsaturated/α-hetero) is 1. The van der Waals surface area contributed by atoms with Crippen LogP contribution in [0.15, 0.2) is 30.4 Å². The Bertz CT molecular complexity index is 516. The van der Waals surface area contributed by atoms with Crippen molar-refractivity contribution in [1.82, 2.24) is 0 Å². The fourth-order valence-electron chi connectivity index (χ4n) is 1.50. The quantitative estimate of drug-likeness (QED) is 0.456. The second-order valence-electron chi connectivity index (χ2n) is 5.76. The summed E-state index contributed by atoms with van der Waals surface area (Å²) in [5.74, 6) is -0.472. The van der Waals surface area contributed by atoms with Gasteiger partial charge in [0.15, 0.2) is 5.78 Å². The van der Waals surface area contributed by atoms with Crippen LogP contribution in [0.2, 0.25) is 0 Å². The molecule has 0 saturated carbocycles. The molecule has 3 heteroatoms. The Morgan fingerprint density at radius 2 is 1.48 bits per heavy atom. The van der Waals surface area contributed by atoms with Crippen molar-refractivity contribution in [3.05, 3.63) is 47.0 Å². The van der Waals surface area contributed by atoms with Gasteiger partial charge in [-0.05, 0) is 49.9 Å². The lowest BCUT2D eigenvalue weighted by Gasteiger charge is -2.20. The molecule has 0 bridgehead atoms. The number of esters is 1. The Hall–Kier alpha value is -1.90. The third-order valence-electron chi connectivity index (χ3n) is 2.96. The van der Waals surface area contributed by atoms with Crippen LogP contribution in [0.1, 0.15) is 67.8 Å². The molecular formula is C18H26O3. The standard InChI is InChI=1S/C14H18O3.C4H8/c1-9(15)10-6-11(13(16)17-5)8-12(7-10)14(2,3)4;1-3-4-2/h6-8H,1-5H3;3-4H,1-2H3. The number of rotatable bonds is 2. The number of methoxy groups -OCH3 is 1. The summed E-state index contributed by atoms with van der Waals surface area (Å²) in [4.78, 5) is 23.0. The van der Waals surface area contributed by atoms with E-state index in [0.717, 1.165) is 5.56 Å². The van der Waals surface area contributed by atoms with Gasteiger partial charge >= 0.3 is 5.97 Å². The van der Waals surface area contributed by atoms with Crippen molar-refractivity contribution in [1.29, 1.82) is 0 Å². The van der Waals surface area contributed by atoms with Gasteiger partial charge in [-0.15, -0.1) is 0 Å². The van der Waals surface area contributed by atoms with Gasteiger partial charge in [0.2, 0.25) is 0 Å². The summed E-state index contributed by atoms with van der Waals surface area (Å²) in [5, 5.41) is 0. The van der Waals surface area contributed by atoms with Crippen molar-refractivity contribution in [2.75, 3.05) is 7.11 Å². The third kappa shape index (κ3) is 6.39. The van der Waals surface area contributed by atoms with Crippen LogP contribution in [-0.2, 0) is 10.2 Å². The van der Waals surface area contributed by atoms with Gasteiger partial charge < -0.3 is 4.74 Å². The highest BCUT2D eigenvalue weighted by molar-refractivity contribution is 5.98. The smallest absolute Gasteiger partial charge is 0.337 e. The van der Waals surface area contributed by atoms with E-state index in [4.69, 9.17) is 0 Å². The second kappa shape index (κ2) is 8.40. The van der Waals surface area contributed by atoms with Crippen molar-refractivity contribution >= 4 is 11.8 Å². The highest BCUT2D eigenvalue weighted by Crippen LogP contribution is 2.25. The maximum Gasteiger partial charge on any atom is 0.337 e. The number of carbonyl (C=O) groups is 2. The summed E-state index contributed by atoms with van der Waals surface area (Å²) < 4.78 is 4.69. The third-order valence-corrected chi connectivity index (χ3v) is 2.96. The molecule has 0 aliphatic carbocycles. The molecule has 0 radical (unpaired) electrons. The lowest BCUT2D eigenvalue weighted by Crippen LogP contribution is -2.14. The van der Waals surface area contributed by atoms with Gasteiger partial charge in [0.05, 0.1) is 12.7 Å². The zero-order valence-corrected chi connectivity index (χ0v) is 14.1. The molecule has 0 spiro atoms. The number of benzene rings is 1. The summed E-state index contributed by atoms with van der Waals surface area (Å²) in [7, 11) is 1.33. The van der Waals surface area contributed by atoms with Gasteiger partial charge in [0.1, 0.15) is 0 Å². The Balaban J connectivity index is 0.000000885. The van der Waals surface area contributed by atoms with Crippen molar-refractivity contribution in [2.45, 2.75) is 47.0 Å². The zero-order chi connectivity index (χ0) is 16.6. The molecule has 0 saturated heterocycles. The first-order chi connectivity index (χ1) is 9.67. The lowest BCUT2D eigenvalue weighted by atomic mass is 9.84.